The van der Waals surface area contributed by atoms with Crippen LogP contribution in [-0.2, 0) is 0 Å². The van der Waals surface area contributed by atoms with Gasteiger partial charge in [-0.05, 0) is 68.4 Å². The van der Waals surface area contributed by atoms with E-state index >= 15 is 0 Å². The second kappa shape index (κ2) is 9.07. The van der Waals surface area contributed by atoms with Gasteiger partial charge in [-0.3, -0.25) is 4.79 Å². The van der Waals surface area contributed by atoms with E-state index in [0.717, 1.165) is 22.6 Å². The fourth-order valence-electron chi connectivity index (χ4n) is 3.62. The van der Waals surface area contributed by atoms with E-state index in [1.807, 2.05) is 90.4 Å². The molecule has 168 valence electrons. The largest absolute Gasteiger partial charge is 0.340 e. The summed E-state index contributed by atoms with van der Waals surface area (Å²) in [4.78, 5) is 21.7. The lowest BCUT2D eigenvalue weighted by Gasteiger charge is -2.11. The summed E-state index contributed by atoms with van der Waals surface area (Å²) in [5, 5.41) is 9.48. The normalized spacial score (nSPS) is 10.8. The number of nitrogens with one attached hydrogen (secondary N) is 3. The van der Waals surface area contributed by atoms with Crippen molar-refractivity contribution in [2.24, 2.45) is 0 Å². The summed E-state index contributed by atoms with van der Waals surface area (Å²) in [6.45, 7) is 3.98. The number of nitrogens with zero attached hydrogens (tertiary/aromatic N) is 3. The predicted octanol–water partition coefficient (Wildman–Crippen LogP) is 6.09. The van der Waals surface area contributed by atoms with Gasteiger partial charge in [0.15, 0.2) is 0 Å². The van der Waals surface area contributed by atoms with Crippen LogP contribution in [0.25, 0.3) is 5.52 Å². The van der Waals surface area contributed by atoms with Crippen molar-refractivity contribution in [3.05, 3.63) is 108 Å². The van der Waals surface area contributed by atoms with Gasteiger partial charge in [0.05, 0.1) is 5.56 Å². The van der Waals surface area contributed by atoms with Crippen LogP contribution in [0.4, 0.5) is 28.8 Å². The molecule has 34 heavy (non-hydrogen) atoms. The lowest BCUT2D eigenvalue weighted by atomic mass is 10.2. The Balaban J connectivity index is 1.26. The molecule has 0 saturated carbocycles. The Kier molecular flexibility index (Phi) is 5.66. The van der Waals surface area contributed by atoms with Crippen molar-refractivity contribution in [3.8, 4) is 0 Å². The Morgan fingerprint density at radius 2 is 1.50 bits per heavy atom. The van der Waals surface area contributed by atoms with E-state index in [-0.39, 0.29) is 5.91 Å². The molecule has 0 atom stereocenters. The Labute approximate surface area is 197 Å². The first-order valence-electron chi connectivity index (χ1n) is 11.0. The number of aromatic nitrogens is 3. The smallest absolute Gasteiger partial charge is 0.257 e. The van der Waals surface area contributed by atoms with Crippen molar-refractivity contribution < 1.29 is 4.79 Å². The van der Waals surface area contributed by atoms with Gasteiger partial charge in [-0.25, -0.2) is 4.98 Å². The molecule has 7 nitrogen and oxygen atoms in total. The number of benzene rings is 2. The average Bonchev–Trinajstić information content (AvgIpc) is 3.26. The van der Waals surface area contributed by atoms with E-state index < -0.39 is 0 Å². The molecule has 3 heterocycles. The number of anilines is 5. The van der Waals surface area contributed by atoms with Crippen LogP contribution in [0, 0.1) is 13.8 Å². The van der Waals surface area contributed by atoms with Gasteiger partial charge in [-0.2, -0.15) is 4.98 Å². The lowest BCUT2D eigenvalue weighted by molar-refractivity contribution is 0.102. The molecule has 1 amide bonds. The first kappa shape index (κ1) is 21.2. The second-order valence-electron chi connectivity index (χ2n) is 8.13. The highest BCUT2D eigenvalue weighted by molar-refractivity contribution is 6.05. The SMILES string of the molecule is Cc1ccc(Nc2cc(C)nc(Nc3ccc(NC(=O)c4cc5ccccn5c4)cc3)n2)cc1. The van der Waals surface area contributed by atoms with E-state index in [4.69, 9.17) is 0 Å². The fraction of sp³-hybridized carbons (Fsp3) is 0.0741. The maximum atomic E-state index is 12.6. The van der Waals surface area contributed by atoms with Crippen molar-refractivity contribution in [2.45, 2.75) is 13.8 Å². The second-order valence-corrected chi connectivity index (χ2v) is 8.13. The van der Waals surface area contributed by atoms with Crippen LogP contribution in [-0.4, -0.2) is 20.3 Å². The van der Waals surface area contributed by atoms with Gasteiger partial charge in [0.1, 0.15) is 5.82 Å². The van der Waals surface area contributed by atoms with Crippen molar-refractivity contribution >= 4 is 40.3 Å². The highest BCUT2D eigenvalue weighted by Crippen LogP contribution is 2.21. The molecule has 7 heteroatoms. The van der Waals surface area contributed by atoms with Crippen molar-refractivity contribution in [3.63, 3.8) is 0 Å². The summed E-state index contributed by atoms with van der Waals surface area (Å²) in [7, 11) is 0. The Morgan fingerprint density at radius 1 is 0.794 bits per heavy atom. The molecule has 3 N–H and O–H groups in total. The summed E-state index contributed by atoms with van der Waals surface area (Å²) < 4.78 is 1.92. The van der Waals surface area contributed by atoms with Crippen LogP contribution in [0.2, 0.25) is 0 Å². The Morgan fingerprint density at radius 3 is 2.26 bits per heavy atom. The molecular formula is C27H24N6O. The number of aryl methyl sites for hydroxylation is 2. The summed E-state index contributed by atoms with van der Waals surface area (Å²) in [6.07, 6.45) is 3.74. The van der Waals surface area contributed by atoms with Crippen LogP contribution < -0.4 is 16.0 Å². The number of hydrogen-bond donors (Lipinski definition) is 3. The number of amides is 1. The predicted molar refractivity (Wildman–Crippen MR) is 136 cm³/mol. The quantitative estimate of drug-likeness (QED) is 0.293. The van der Waals surface area contributed by atoms with Crippen LogP contribution in [0.1, 0.15) is 21.6 Å². The topological polar surface area (TPSA) is 83.4 Å². The van der Waals surface area contributed by atoms with Gasteiger partial charge < -0.3 is 20.4 Å². The Bertz CT molecular complexity index is 1420. The number of carbonyl (C=O) groups is 1. The highest BCUT2D eigenvalue weighted by atomic mass is 16.1. The van der Waals surface area contributed by atoms with Gasteiger partial charge >= 0.3 is 0 Å². The van der Waals surface area contributed by atoms with Gasteiger partial charge in [-0.1, -0.05) is 23.8 Å². The minimum Gasteiger partial charge on any atom is -0.340 e. The van der Waals surface area contributed by atoms with Crippen LogP contribution in [0.3, 0.4) is 0 Å². The summed E-state index contributed by atoms with van der Waals surface area (Å²) in [5.41, 5.74) is 6.12. The lowest BCUT2D eigenvalue weighted by Crippen LogP contribution is -2.10. The summed E-state index contributed by atoms with van der Waals surface area (Å²) in [6, 6.07) is 25.2. The van der Waals surface area contributed by atoms with E-state index in [2.05, 4.69) is 45.0 Å². The number of hydrogen-bond acceptors (Lipinski definition) is 5. The maximum Gasteiger partial charge on any atom is 0.257 e. The number of fused-ring (bicyclic) bond motifs is 1. The zero-order chi connectivity index (χ0) is 23.5. The zero-order valence-electron chi connectivity index (χ0n) is 18.9. The first-order valence-corrected chi connectivity index (χ1v) is 11.0. The highest BCUT2D eigenvalue weighted by Gasteiger charge is 2.09. The molecule has 0 aliphatic carbocycles. The van der Waals surface area contributed by atoms with E-state index in [1.54, 1.807) is 0 Å². The molecule has 0 bridgehead atoms. The molecule has 0 unspecified atom stereocenters. The van der Waals surface area contributed by atoms with Gasteiger partial charge in [0.2, 0.25) is 5.95 Å². The molecule has 2 aromatic carbocycles. The molecular weight excluding hydrogens is 424 g/mol. The summed E-state index contributed by atoms with van der Waals surface area (Å²) >= 11 is 0. The van der Waals surface area contributed by atoms with Gasteiger partial charge in [0.25, 0.3) is 5.91 Å². The van der Waals surface area contributed by atoms with Crippen LogP contribution in [0.15, 0.2) is 91.3 Å². The molecule has 5 aromatic rings. The van der Waals surface area contributed by atoms with E-state index in [1.165, 1.54) is 5.56 Å². The van der Waals surface area contributed by atoms with Gasteiger partial charge in [-0.15, -0.1) is 0 Å². The molecule has 0 aliphatic rings. The molecule has 3 aromatic heterocycles. The average molecular weight is 449 g/mol. The van der Waals surface area contributed by atoms with Crippen LogP contribution >= 0.6 is 0 Å². The molecule has 5 rings (SSSR count). The third kappa shape index (κ3) is 4.88. The first-order chi connectivity index (χ1) is 16.5. The molecule has 0 fully saturated rings. The zero-order valence-corrected chi connectivity index (χ0v) is 18.9. The molecule has 0 spiro atoms. The fourth-order valence-corrected chi connectivity index (χ4v) is 3.62. The molecule has 0 radical (unpaired) electrons. The third-order valence-electron chi connectivity index (χ3n) is 5.34. The number of carbonyl (C=O) groups excluding carboxylic acids is 1. The number of pyridine rings is 1. The van der Waals surface area contributed by atoms with Crippen molar-refractivity contribution in [1.29, 1.82) is 0 Å². The van der Waals surface area contributed by atoms with Crippen LogP contribution in [0.5, 0.6) is 0 Å². The molecule has 0 saturated heterocycles. The summed E-state index contributed by atoms with van der Waals surface area (Å²) in [5.74, 6) is 1.05. The standard InChI is InChI=1S/C27H24N6O/c1-18-6-8-21(9-7-18)29-25-15-19(2)28-27(32-25)31-23-12-10-22(11-13-23)30-26(34)20-16-24-5-3-4-14-33(24)17-20/h3-17H,1-2H3,(H,30,34)(H2,28,29,31,32). The van der Waals surface area contributed by atoms with E-state index in [0.29, 0.717) is 23.0 Å². The number of rotatable bonds is 6. The van der Waals surface area contributed by atoms with E-state index in [9.17, 15) is 4.79 Å². The third-order valence-corrected chi connectivity index (χ3v) is 5.34. The maximum absolute atomic E-state index is 12.6. The van der Waals surface area contributed by atoms with Gasteiger partial charge in [0, 0.05) is 46.7 Å². The molecule has 0 aliphatic heterocycles. The van der Waals surface area contributed by atoms with Crippen molar-refractivity contribution in [1.82, 2.24) is 14.4 Å². The monoisotopic (exact) mass is 448 g/mol. The van der Waals surface area contributed by atoms with Crippen molar-refractivity contribution in [2.75, 3.05) is 16.0 Å². The minimum atomic E-state index is -0.154. The minimum absolute atomic E-state index is 0.154. The Hall–Kier alpha value is -4.65.